The summed E-state index contributed by atoms with van der Waals surface area (Å²) in [6.07, 6.45) is -1.71. The van der Waals surface area contributed by atoms with Crippen LogP contribution in [0.5, 0.6) is 0 Å². The largest absolute Gasteiger partial charge is 0.388 e. The summed E-state index contributed by atoms with van der Waals surface area (Å²) in [6, 6.07) is -0.513. The van der Waals surface area contributed by atoms with Gasteiger partial charge >= 0.3 is 7.60 Å². The van der Waals surface area contributed by atoms with Crippen LogP contribution in [0.25, 0.3) is 0 Å². The average molecular weight is 352 g/mol. The third-order valence-electron chi connectivity index (χ3n) is 5.06. The van der Waals surface area contributed by atoms with Crippen LogP contribution in [0.3, 0.4) is 0 Å². The van der Waals surface area contributed by atoms with Gasteiger partial charge in [-0.1, -0.05) is 20.8 Å². The highest BCUT2D eigenvalue weighted by atomic mass is 31.2. The molecule has 0 aromatic heterocycles. The molecule has 23 heavy (non-hydrogen) atoms. The molecule has 136 valence electrons. The van der Waals surface area contributed by atoms with E-state index in [1.807, 2.05) is 13.8 Å². The van der Waals surface area contributed by atoms with E-state index in [2.05, 4.69) is 0 Å². The number of aliphatic hydroxyl groups is 3. The van der Waals surface area contributed by atoms with Crippen LogP contribution in [0.15, 0.2) is 0 Å². The molecule has 0 aromatic rings. The maximum Gasteiger partial charge on any atom is 0.359 e. The van der Waals surface area contributed by atoms with Gasteiger partial charge in [-0.2, -0.15) is 0 Å². The van der Waals surface area contributed by atoms with Gasteiger partial charge in [-0.15, -0.1) is 0 Å². The van der Waals surface area contributed by atoms with E-state index in [0.29, 0.717) is 12.8 Å². The van der Waals surface area contributed by atoms with Crippen molar-refractivity contribution < 1.29 is 34.0 Å². The molecule has 6 unspecified atom stereocenters. The van der Waals surface area contributed by atoms with Crippen molar-refractivity contribution >= 4 is 15.4 Å². The van der Waals surface area contributed by atoms with Crippen molar-refractivity contribution in [1.29, 1.82) is 0 Å². The third kappa shape index (κ3) is 4.37. The standard InChI is InChI=1S/C14H30BO7P/c1-5-13(4,18)23(19,20)22-14(6-2,7-3)8-9-10(16)11(17)12(15)21-9/h9-12,16-18H,5-8,15H2,1-4H3,(H,19,20). The Labute approximate surface area is 138 Å². The van der Waals surface area contributed by atoms with Gasteiger partial charge in [-0.3, -0.25) is 9.09 Å². The quantitative estimate of drug-likeness (QED) is 0.368. The van der Waals surface area contributed by atoms with Gasteiger partial charge in [-0.25, -0.2) is 0 Å². The van der Waals surface area contributed by atoms with E-state index in [0.717, 1.165) is 0 Å². The molecular weight excluding hydrogens is 322 g/mol. The Morgan fingerprint density at radius 1 is 1.17 bits per heavy atom. The first kappa shape index (κ1) is 21.1. The molecule has 4 N–H and O–H groups in total. The molecule has 0 amide bonds. The summed E-state index contributed by atoms with van der Waals surface area (Å²) in [5.74, 6) is 0. The van der Waals surface area contributed by atoms with Gasteiger partial charge in [0.05, 0.1) is 17.7 Å². The number of hydrogen-bond donors (Lipinski definition) is 4. The summed E-state index contributed by atoms with van der Waals surface area (Å²) in [4.78, 5) is 10.2. The molecule has 1 aliphatic rings. The first-order valence-corrected chi connectivity index (χ1v) is 9.80. The summed E-state index contributed by atoms with van der Waals surface area (Å²) in [7, 11) is -2.64. The van der Waals surface area contributed by atoms with Crippen LogP contribution in [-0.4, -0.2) is 63.3 Å². The van der Waals surface area contributed by atoms with Crippen LogP contribution >= 0.6 is 7.60 Å². The zero-order valence-electron chi connectivity index (χ0n) is 14.6. The molecule has 0 radical (unpaired) electrons. The van der Waals surface area contributed by atoms with Crippen LogP contribution in [0.1, 0.15) is 53.4 Å². The summed E-state index contributed by atoms with van der Waals surface area (Å²) in [5, 5.41) is 28.2. The molecule has 6 atom stereocenters. The first-order chi connectivity index (χ1) is 10.4. The van der Waals surface area contributed by atoms with Gasteiger partial charge in [0.1, 0.15) is 20.1 Å². The van der Waals surface area contributed by atoms with Crippen LogP contribution in [0.4, 0.5) is 0 Å². The molecule has 1 fully saturated rings. The van der Waals surface area contributed by atoms with E-state index in [4.69, 9.17) is 9.26 Å². The van der Waals surface area contributed by atoms with E-state index >= 15 is 0 Å². The Balaban J connectivity index is 2.98. The summed E-state index contributed by atoms with van der Waals surface area (Å²) >= 11 is 0. The van der Waals surface area contributed by atoms with Crippen molar-refractivity contribution in [2.45, 2.75) is 88.6 Å². The van der Waals surface area contributed by atoms with Crippen molar-refractivity contribution in [3.8, 4) is 0 Å². The van der Waals surface area contributed by atoms with Crippen molar-refractivity contribution in [3.05, 3.63) is 0 Å². The van der Waals surface area contributed by atoms with E-state index < -0.39 is 42.9 Å². The van der Waals surface area contributed by atoms with Gasteiger partial charge < -0.3 is 24.9 Å². The smallest absolute Gasteiger partial charge is 0.359 e. The fourth-order valence-electron chi connectivity index (χ4n) is 2.74. The molecule has 0 spiro atoms. The van der Waals surface area contributed by atoms with Crippen molar-refractivity contribution in [3.63, 3.8) is 0 Å². The van der Waals surface area contributed by atoms with Gasteiger partial charge in [0.25, 0.3) is 0 Å². The molecule has 0 aromatic carbocycles. The highest BCUT2D eigenvalue weighted by Gasteiger charge is 2.50. The van der Waals surface area contributed by atoms with Crippen molar-refractivity contribution in [2.75, 3.05) is 0 Å². The summed E-state index contributed by atoms with van der Waals surface area (Å²) in [6.45, 7) is 6.50. The van der Waals surface area contributed by atoms with E-state index in [-0.39, 0.29) is 12.8 Å². The van der Waals surface area contributed by atoms with Gasteiger partial charge in [0.15, 0.2) is 5.34 Å². The predicted octanol–water partition coefficient (Wildman–Crippen LogP) is 0.336. The zero-order chi connectivity index (χ0) is 18.1. The van der Waals surface area contributed by atoms with Gasteiger partial charge in [0, 0.05) is 6.42 Å². The topological polar surface area (TPSA) is 116 Å². The third-order valence-corrected chi connectivity index (χ3v) is 7.23. The molecule has 1 heterocycles. The van der Waals surface area contributed by atoms with Crippen LogP contribution < -0.4 is 0 Å². The molecule has 1 aliphatic heterocycles. The number of ether oxygens (including phenoxy) is 1. The lowest BCUT2D eigenvalue weighted by atomic mass is 9.87. The van der Waals surface area contributed by atoms with Crippen molar-refractivity contribution in [2.24, 2.45) is 0 Å². The van der Waals surface area contributed by atoms with Gasteiger partial charge in [0.2, 0.25) is 0 Å². The Morgan fingerprint density at radius 3 is 2.04 bits per heavy atom. The minimum atomic E-state index is -4.30. The summed E-state index contributed by atoms with van der Waals surface area (Å²) < 4.78 is 23.6. The average Bonchev–Trinajstić information content (AvgIpc) is 2.73. The fraction of sp³-hybridized carbons (Fsp3) is 1.00. The second-order valence-electron chi connectivity index (χ2n) is 6.64. The van der Waals surface area contributed by atoms with Gasteiger partial charge in [-0.05, 0) is 26.2 Å². The number of hydrogen-bond acceptors (Lipinski definition) is 6. The monoisotopic (exact) mass is 352 g/mol. The first-order valence-electron chi connectivity index (χ1n) is 8.23. The predicted molar refractivity (Wildman–Crippen MR) is 89.0 cm³/mol. The molecule has 9 heteroatoms. The molecule has 7 nitrogen and oxygen atoms in total. The van der Waals surface area contributed by atoms with E-state index in [1.165, 1.54) is 6.92 Å². The lowest BCUT2D eigenvalue weighted by molar-refractivity contribution is -0.0540. The lowest BCUT2D eigenvalue weighted by Crippen LogP contribution is -2.41. The molecular formula is C14H30BO7P. The summed E-state index contributed by atoms with van der Waals surface area (Å²) in [5.41, 5.74) is -1.03. The lowest BCUT2D eigenvalue weighted by Gasteiger charge is -2.39. The second-order valence-corrected chi connectivity index (χ2v) is 8.82. The fourth-order valence-corrected chi connectivity index (χ4v) is 4.19. The maximum atomic E-state index is 12.5. The Hall–Kier alpha value is 0.0549. The molecule has 1 saturated heterocycles. The highest BCUT2D eigenvalue weighted by Crippen LogP contribution is 2.59. The minimum absolute atomic E-state index is 0.0720. The minimum Gasteiger partial charge on any atom is -0.388 e. The second kappa shape index (κ2) is 7.52. The molecule has 0 aliphatic carbocycles. The Kier molecular flexibility index (Phi) is 6.90. The normalized spacial score (nSPS) is 34.1. The highest BCUT2D eigenvalue weighted by molar-refractivity contribution is 7.54. The SMILES string of the molecule is BC1OC(CC(CC)(CC)OP(=O)(O)C(C)(O)CC)C(O)C1O. The maximum absolute atomic E-state index is 12.5. The van der Waals surface area contributed by atoms with Crippen molar-refractivity contribution in [1.82, 2.24) is 0 Å². The number of rotatable bonds is 8. The molecule has 1 rings (SSSR count). The number of aliphatic hydroxyl groups excluding tert-OH is 2. The zero-order valence-corrected chi connectivity index (χ0v) is 15.5. The molecule has 0 saturated carbocycles. The van der Waals surface area contributed by atoms with E-state index in [9.17, 15) is 24.8 Å². The Bertz CT molecular complexity index is 441. The van der Waals surface area contributed by atoms with Crippen LogP contribution in [-0.2, 0) is 13.8 Å². The van der Waals surface area contributed by atoms with E-state index in [1.54, 1.807) is 14.8 Å². The Morgan fingerprint density at radius 2 is 1.70 bits per heavy atom. The van der Waals surface area contributed by atoms with Crippen LogP contribution in [0.2, 0.25) is 0 Å². The van der Waals surface area contributed by atoms with Crippen LogP contribution in [0, 0.1) is 0 Å². The molecule has 0 bridgehead atoms.